The van der Waals surface area contributed by atoms with Crippen molar-refractivity contribution in [2.75, 3.05) is 7.05 Å². The van der Waals surface area contributed by atoms with Gasteiger partial charge in [0.2, 0.25) is 0 Å². The molecule has 1 N–H and O–H groups in total. The van der Waals surface area contributed by atoms with E-state index in [1.807, 2.05) is 7.05 Å². The lowest BCUT2D eigenvalue weighted by Gasteiger charge is -2.03. The molecule has 1 heterocycles. The highest BCUT2D eigenvalue weighted by atomic mass is 15.3. The molecule has 0 amide bonds. The highest BCUT2D eigenvalue weighted by Crippen LogP contribution is 2.19. The summed E-state index contributed by atoms with van der Waals surface area (Å²) in [5.41, 5.74) is 2.43. The predicted molar refractivity (Wildman–Crippen MR) is 81.3 cm³/mol. The highest BCUT2D eigenvalue weighted by molar-refractivity contribution is 5.81. The van der Waals surface area contributed by atoms with Crippen LogP contribution in [0, 0.1) is 0 Å². The lowest BCUT2D eigenvalue weighted by molar-refractivity contribution is 0.538. The second kappa shape index (κ2) is 7.29. The zero-order chi connectivity index (χ0) is 13.5. The summed E-state index contributed by atoms with van der Waals surface area (Å²) >= 11 is 0. The minimum absolute atomic E-state index is 0.837. The molecule has 0 unspecified atom stereocenters. The van der Waals surface area contributed by atoms with Gasteiger partial charge in [-0.1, -0.05) is 50.8 Å². The second-order valence-electron chi connectivity index (χ2n) is 5.13. The third-order valence-corrected chi connectivity index (χ3v) is 3.55. The number of nitrogens with zero attached hydrogens (tertiary/aromatic N) is 2. The standard InChI is InChI=1S/C16H25N3/c1-3-4-5-6-9-12-19-16-11-8-7-10-14(16)15(18-19)13-17-2/h7-8,10-11,17H,3-6,9,12-13H2,1-2H3. The molecular formula is C16H25N3. The first-order chi connectivity index (χ1) is 9.36. The number of aromatic nitrogens is 2. The van der Waals surface area contributed by atoms with Gasteiger partial charge in [0.05, 0.1) is 11.2 Å². The maximum absolute atomic E-state index is 4.75. The van der Waals surface area contributed by atoms with Gasteiger partial charge in [-0.15, -0.1) is 0 Å². The van der Waals surface area contributed by atoms with Gasteiger partial charge in [-0.05, 0) is 19.5 Å². The first-order valence-corrected chi connectivity index (χ1v) is 7.46. The molecule has 0 saturated heterocycles. The topological polar surface area (TPSA) is 29.9 Å². The Morgan fingerprint density at radius 3 is 2.68 bits per heavy atom. The van der Waals surface area contributed by atoms with E-state index in [9.17, 15) is 0 Å². The summed E-state index contributed by atoms with van der Waals surface area (Å²) < 4.78 is 2.17. The van der Waals surface area contributed by atoms with Gasteiger partial charge < -0.3 is 5.32 Å². The van der Waals surface area contributed by atoms with Gasteiger partial charge in [0.15, 0.2) is 0 Å². The Labute approximate surface area is 116 Å². The lowest BCUT2D eigenvalue weighted by atomic mass is 10.1. The maximum Gasteiger partial charge on any atom is 0.0841 e. The number of rotatable bonds is 8. The molecule has 0 radical (unpaired) electrons. The molecule has 0 fully saturated rings. The van der Waals surface area contributed by atoms with Crippen molar-refractivity contribution in [2.45, 2.75) is 52.1 Å². The van der Waals surface area contributed by atoms with Crippen LogP contribution in [0.15, 0.2) is 24.3 Å². The Morgan fingerprint density at radius 1 is 1.11 bits per heavy atom. The van der Waals surface area contributed by atoms with Crippen LogP contribution >= 0.6 is 0 Å². The van der Waals surface area contributed by atoms with Gasteiger partial charge in [-0.2, -0.15) is 5.10 Å². The third kappa shape index (κ3) is 3.57. The van der Waals surface area contributed by atoms with Crippen LogP contribution in [0.5, 0.6) is 0 Å². The number of aryl methyl sites for hydroxylation is 1. The molecule has 0 atom stereocenters. The van der Waals surface area contributed by atoms with Crippen LogP contribution < -0.4 is 5.32 Å². The van der Waals surface area contributed by atoms with Crippen LogP contribution in [0.1, 0.15) is 44.7 Å². The Morgan fingerprint density at radius 2 is 1.89 bits per heavy atom. The Hall–Kier alpha value is -1.35. The second-order valence-corrected chi connectivity index (χ2v) is 5.13. The fourth-order valence-corrected chi connectivity index (χ4v) is 2.53. The van der Waals surface area contributed by atoms with Crippen molar-refractivity contribution in [3.05, 3.63) is 30.0 Å². The summed E-state index contributed by atoms with van der Waals surface area (Å²) in [6.07, 6.45) is 6.54. The first-order valence-electron chi connectivity index (χ1n) is 7.46. The molecule has 19 heavy (non-hydrogen) atoms. The van der Waals surface area contributed by atoms with Crippen molar-refractivity contribution in [3.8, 4) is 0 Å². The van der Waals surface area contributed by atoms with Crippen molar-refractivity contribution in [1.82, 2.24) is 15.1 Å². The number of nitrogens with one attached hydrogen (secondary N) is 1. The normalized spacial score (nSPS) is 11.3. The molecule has 2 aromatic rings. The zero-order valence-electron chi connectivity index (χ0n) is 12.2. The van der Waals surface area contributed by atoms with Crippen molar-refractivity contribution < 1.29 is 0 Å². The van der Waals surface area contributed by atoms with Crippen LogP contribution in [-0.4, -0.2) is 16.8 Å². The Bertz CT molecular complexity index is 502. The molecule has 3 heteroatoms. The molecule has 2 rings (SSSR count). The molecule has 0 saturated carbocycles. The molecule has 0 spiro atoms. The van der Waals surface area contributed by atoms with Crippen molar-refractivity contribution >= 4 is 10.9 Å². The fraction of sp³-hybridized carbons (Fsp3) is 0.562. The quantitative estimate of drug-likeness (QED) is 0.732. The van der Waals surface area contributed by atoms with Crippen LogP contribution in [0.2, 0.25) is 0 Å². The molecular weight excluding hydrogens is 234 g/mol. The van der Waals surface area contributed by atoms with E-state index in [2.05, 4.69) is 41.2 Å². The van der Waals surface area contributed by atoms with Gasteiger partial charge in [0, 0.05) is 18.5 Å². The number of unbranched alkanes of at least 4 members (excludes halogenated alkanes) is 4. The largest absolute Gasteiger partial charge is 0.314 e. The van der Waals surface area contributed by atoms with Crippen LogP contribution in [0.4, 0.5) is 0 Å². The molecule has 1 aromatic heterocycles. The average Bonchev–Trinajstić information content (AvgIpc) is 2.78. The van der Waals surface area contributed by atoms with Gasteiger partial charge >= 0.3 is 0 Å². The average molecular weight is 259 g/mol. The first kappa shape index (κ1) is 14.1. The molecule has 104 valence electrons. The summed E-state index contributed by atoms with van der Waals surface area (Å²) in [5.74, 6) is 0. The minimum Gasteiger partial charge on any atom is -0.314 e. The zero-order valence-corrected chi connectivity index (χ0v) is 12.2. The van der Waals surface area contributed by atoms with Crippen molar-refractivity contribution in [2.24, 2.45) is 0 Å². The van der Waals surface area contributed by atoms with E-state index in [1.54, 1.807) is 0 Å². The van der Waals surface area contributed by atoms with Crippen LogP contribution in [0.25, 0.3) is 10.9 Å². The molecule has 1 aromatic carbocycles. The monoisotopic (exact) mass is 259 g/mol. The van der Waals surface area contributed by atoms with E-state index in [1.165, 1.54) is 43.0 Å². The van der Waals surface area contributed by atoms with E-state index in [-0.39, 0.29) is 0 Å². The lowest BCUT2D eigenvalue weighted by Crippen LogP contribution is -2.07. The SMILES string of the molecule is CCCCCCCn1nc(CNC)c2ccccc21. The number of hydrogen-bond donors (Lipinski definition) is 1. The minimum atomic E-state index is 0.837. The van der Waals surface area contributed by atoms with E-state index in [4.69, 9.17) is 5.10 Å². The van der Waals surface area contributed by atoms with Crippen LogP contribution in [-0.2, 0) is 13.1 Å². The van der Waals surface area contributed by atoms with E-state index in [0.29, 0.717) is 0 Å². The van der Waals surface area contributed by atoms with Gasteiger partial charge in [-0.3, -0.25) is 4.68 Å². The summed E-state index contributed by atoms with van der Waals surface area (Å²) in [7, 11) is 1.97. The number of hydrogen-bond acceptors (Lipinski definition) is 2. The molecule has 0 aliphatic carbocycles. The van der Waals surface area contributed by atoms with Gasteiger partial charge in [0.25, 0.3) is 0 Å². The molecule has 0 bridgehead atoms. The Balaban J connectivity index is 2.05. The summed E-state index contributed by atoms with van der Waals surface area (Å²) in [4.78, 5) is 0. The third-order valence-electron chi connectivity index (χ3n) is 3.55. The van der Waals surface area contributed by atoms with Gasteiger partial charge in [-0.25, -0.2) is 0 Å². The van der Waals surface area contributed by atoms with E-state index >= 15 is 0 Å². The van der Waals surface area contributed by atoms with E-state index < -0.39 is 0 Å². The summed E-state index contributed by atoms with van der Waals surface area (Å²) in [6.45, 7) is 4.13. The number of benzene rings is 1. The number of para-hydroxylation sites is 1. The molecule has 3 nitrogen and oxygen atoms in total. The predicted octanol–water partition coefficient (Wildman–Crippen LogP) is 3.73. The smallest absolute Gasteiger partial charge is 0.0841 e. The number of fused-ring (bicyclic) bond motifs is 1. The summed E-state index contributed by atoms with van der Waals surface area (Å²) in [6, 6.07) is 8.53. The van der Waals surface area contributed by atoms with E-state index in [0.717, 1.165) is 18.8 Å². The van der Waals surface area contributed by atoms with Crippen molar-refractivity contribution in [1.29, 1.82) is 0 Å². The maximum atomic E-state index is 4.75. The highest BCUT2D eigenvalue weighted by Gasteiger charge is 2.08. The van der Waals surface area contributed by atoms with Gasteiger partial charge in [0.1, 0.15) is 0 Å². The van der Waals surface area contributed by atoms with Crippen LogP contribution in [0.3, 0.4) is 0 Å². The van der Waals surface area contributed by atoms with Crippen molar-refractivity contribution in [3.63, 3.8) is 0 Å². The summed E-state index contributed by atoms with van der Waals surface area (Å²) in [5, 5.41) is 9.23. The molecule has 0 aliphatic heterocycles. The molecule has 0 aliphatic rings. The Kier molecular flexibility index (Phi) is 5.40. The fourth-order valence-electron chi connectivity index (χ4n) is 2.53.